The summed E-state index contributed by atoms with van der Waals surface area (Å²) < 4.78 is 2.13. The summed E-state index contributed by atoms with van der Waals surface area (Å²) >= 11 is 0. The second kappa shape index (κ2) is 3.87. The fraction of sp³-hybridized carbons (Fsp3) is 0.500. The molecule has 3 rings (SSSR count). The van der Waals surface area contributed by atoms with E-state index in [0.717, 1.165) is 18.0 Å². The molecule has 4 heteroatoms. The van der Waals surface area contributed by atoms with Crippen molar-refractivity contribution in [1.29, 1.82) is 0 Å². The molecule has 0 unspecified atom stereocenters. The summed E-state index contributed by atoms with van der Waals surface area (Å²) in [6, 6.07) is 4.24. The maximum atomic E-state index is 4.31. The van der Waals surface area contributed by atoms with Gasteiger partial charge in [0.05, 0.1) is 0 Å². The summed E-state index contributed by atoms with van der Waals surface area (Å²) in [4.78, 5) is 0. The first-order chi connectivity index (χ1) is 7.88. The van der Waals surface area contributed by atoms with Crippen LogP contribution < -0.4 is 5.32 Å². The third kappa shape index (κ3) is 1.50. The van der Waals surface area contributed by atoms with E-state index in [4.69, 9.17) is 0 Å². The Morgan fingerprint density at radius 1 is 1.44 bits per heavy atom. The van der Waals surface area contributed by atoms with Crippen molar-refractivity contribution in [2.75, 3.05) is 7.05 Å². The minimum atomic E-state index is 0.630. The number of nitrogens with zero attached hydrogens (tertiary/aromatic N) is 3. The maximum absolute atomic E-state index is 4.31. The molecule has 0 atom stereocenters. The van der Waals surface area contributed by atoms with Crippen LogP contribution in [0.1, 0.15) is 36.6 Å². The maximum Gasteiger partial charge on any atom is 0.161 e. The lowest BCUT2D eigenvalue weighted by molar-refractivity contribution is 0.399. The van der Waals surface area contributed by atoms with Gasteiger partial charge in [-0.05, 0) is 37.6 Å². The predicted molar refractivity (Wildman–Crippen MR) is 62.3 cm³/mol. The Kier molecular flexibility index (Phi) is 2.36. The van der Waals surface area contributed by atoms with Crippen molar-refractivity contribution in [1.82, 2.24) is 19.9 Å². The van der Waals surface area contributed by atoms with Gasteiger partial charge in [-0.25, -0.2) is 0 Å². The fourth-order valence-corrected chi connectivity index (χ4v) is 2.21. The minimum absolute atomic E-state index is 0.630. The third-order valence-electron chi connectivity index (χ3n) is 3.35. The lowest BCUT2D eigenvalue weighted by Gasteiger charge is -2.23. The number of nitrogens with one attached hydrogen (secondary N) is 1. The molecule has 0 bridgehead atoms. The van der Waals surface area contributed by atoms with Crippen LogP contribution in [0.2, 0.25) is 0 Å². The van der Waals surface area contributed by atoms with Crippen LogP contribution in [0.3, 0.4) is 0 Å². The highest BCUT2D eigenvalue weighted by molar-refractivity contribution is 5.41. The molecule has 1 saturated carbocycles. The average Bonchev–Trinajstić information content (AvgIpc) is 2.60. The number of rotatable bonds is 3. The molecule has 2 aromatic rings. The summed E-state index contributed by atoms with van der Waals surface area (Å²) in [5.74, 6) is 1.77. The van der Waals surface area contributed by atoms with E-state index in [0.29, 0.717) is 5.92 Å². The Morgan fingerprint density at radius 3 is 3.00 bits per heavy atom. The second-order valence-corrected chi connectivity index (χ2v) is 4.48. The summed E-state index contributed by atoms with van der Waals surface area (Å²) in [7, 11) is 1.95. The molecule has 1 N–H and O–H groups in total. The van der Waals surface area contributed by atoms with Crippen LogP contribution in [-0.4, -0.2) is 21.6 Å². The molecule has 0 amide bonds. The van der Waals surface area contributed by atoms with E-state index >= 15 is 0 Å². The Morgan fingerprint density at radius 2 is 2.31 bits per heavy atom. The number of hydrogen-bond acceptors (Lipinski definition) is 3. The van der Waals surface area contributed by atoms with Crippen LogP contribution in [0.15, 0.2) is 18.3 Å². The molecule has 0 radical (unpaired) electrons. The van der Waals surface area contributed by atoms with Crippen molar-refractivity contribution in [2.45, 2.75) is 31.7 Å². The monoisotopic (exact) mass is 216 g/mol. The lowest BCUT2D eigenvalue weighted by Crippen LogP contribution is -2.12. The molecule has 84 valence electrons. The van der Waals surface area contributed by atoms with Crippen LogP contribution >= 0.6 is 0 Å². The molecule has 2 aromatic heterocycles. The number of aromatic nitrogens is 3. The van der Waals surface area contributed by atoms with Crippen LogP contribution in [0.25, 0.3) is 5.65 Å². The summed E-state index contributed by atoms with van der Waals surface area (Å²) in [5, 5.41) is 11.7. The highest BCUT2D eigenvalue weighted by atomic mass is 15.2. The van der Waals surface area contributed by atoms with Crippen LogP contribution in [0, 0.1) is 0 Å². The first kappa shape index (κ1) is 9.78. The molecule has 2 heterocycles. The van der Waals surface area contributed by atoms with Gasteiger partial charge in [0, 0.05) is 18.7 Å². The van der Waals surface area contributed by atoms with Crippen molar-refractivity contribution >= 4 is 5.65 Å². The molecule has 0 spiro atoms. The van der Waals surface area contributed by atoms with Crippen LogP contribution in [-0.2, 0) is 6.54 Å². The van der Waals surface area contributed by atoms with E-state index in [-0.39, 0.29) is 0 Å². The Labute approximate surface area is 94.7 Å². The van der Waals surface area contributed by atoms with E-state index in [1.54, 1.807) is 0 Å². The van der Waals surface area contributed by atoms with Gasteiger partial charge in [0.25, 0.3) is 0 Å². The Hall–Kier alpha value is -1.42. The van der Waals surface area contributed by atoms with Gasteiger partial charge in [-0.3, -0.25) is 4.40 Å². The Bertz CT molecular complexity index is 499. The van der Waals surface area contributed by atoms with Crippen LogP contribution in [0.4, 0.5) is 0 Å². The summed E-state index contributed by atoms with van der Waals surface area (Å²) in [5.41, 5.74) is 2.22. The molecule has 0 saturated heterocycles. The zero-order valence-corrected chi connectivity index (χ0v) is 9.48. The van der Waals surface area contributed by atoms with Gasteiger partial charge >= 0.3 is 0 Å². The van der Waals surface area contributed by atoms with E-state index in [1.165, 1.54) is 24.8 Å². The van der Waals surface area contributed by atoms with Crippen molar-refractivity contribution in [3.05, 3.63) is 29.7 Å². The molecule has 0 aliphatic heterocycles. The minimum Gasteiger partial charge on any atom is -0.316 e. The van der Waals surface area contributed by atoms with Gasteiger partial charge in [0.2, 0.25) is 0 Å². The van der Waals surface area contributed by atoms with Gasteiger partial charge in [-0.1, -0.05) is 6.42 Å². The highest BCUT2D eigenvalue weighted by Gasteiger charge is 2.24. The van der Waals surface area contributed by atoms with Gasteiger partial charge in [0.15, 0.2) is 5.65 Å². The van der Waals surface area contributed by atoms with Gasteiger partial charge in [-0.15, -0.1) is 10.2 Å². The molecule has 1 aliphatic rings. The summed E-state index contributed by atoms with van der Waals surface area (Å²) in [6.45, 7) is 0.877. The molecular weight excluding hydrogens is 200 g/mol. The second-order valence-electron chi connectivity index (χ2n) is 4.48. The standard InChI is InChI=1S/C12H16N4/c1-13-8-9-5-6-16-11(7-9)14-15-12(16)10-3-2-4-10/h5-7,10,13H,2-4,8H2,1H3. The van der Waals surface area contributed by atoms with Crippen molar-refractivity contribution in [2.24, 2.45) is 0 Å². The van der Waals surface area contributed by atoms with Gasteiger partial charge < -0.3 is 5.32 Å². The number of hydrogen-bond donors (Lipinski definition) is 1. The fourth-order valence-electron chi connectivity index (χ4n) is 2.21. The van der Waals surface area contributed by atoms with E-state index < -0.39 is 0 Å². The average molecular weight is 216 g/mol. The normalized spacial score (nSPS) is 16.6. The Balaban J connectivity index is 2.00. The zero-order valence-electron chi connectivity index (χ0n) is 9.48. The first-order valence-electron chi connectivity index (χ1n) is 5.86. The molecule has 0 aromatic carbocycles. The molecule has 16 heavy (non-hydrogen) atoms. The smallest absolute Gasteiger partial charge is 0.161 e. The van der Waals surface area contributed by atoms with Gasteiger partial charge in [-0.2, -0.15) is 0 Å². The number of fused-ring (bicyclic) bond motifs is 1. The van der Waals surface area contributed by atoms with Crippen molar-refractivity contribution < 1.29 is 0 Å². The van der Waals surface area contributed by atoms with Gasteiger partial charge in [0.1, 0.15) is 5.82 Å². The summed E-state index contributed by atoms with van der Waals surface area (Å²) in [6.07, 6.45) is 5.95. The largest absolute Gasteiger partial charge is 0.316 e. The molecular formula is C12H16N4. The molecule has 1 aliphatic carbocycles. The van der Waals surface area contributed by atoms with E-state index in [9.17, 15) is 0 Å². The quantitative estimate of drug-likeness (QED) is 0.849. The van der Waals surface area contributed by atoms with Crippen LogP contribution in [0.5, 0.6) is 0 Å². The molecule has 1 fully saturated rings. The zero-order chi connectivity index (χ0) is 11.0. The predicted octanol–water partition coefficient (Wildman–Crippen LogP) is 1.72. The van der Waals surface area contributed by atoms with E-state index in [2.05, 4.69) is 38.2 Å². The SMILES string of the molecule is CNCc1ccn2c(C3CCC3)nnc2c1. The van der Waals surface area contributed by atoms with E-state index in [1.807, 2.05) is 7.05 Å². The topological polar surface area (TPSA) is 42.2 Å². The molecule has 4 nitrogen and oxygen atoms in total. The van der Waals surface area contributed by atoms with Crippen molar-refractivity contribution in [3.63, 3.8) is 0 Å². The lowest BCUT2D eigenvalue weighted by atomic mass is 9.85. The first-order valence-corrected chi connectivity index (χ1v) is 5.86. The highest BCUT2D eigenvalue weighted by Crippen LogP contribution is 2.35. The van der Waals surface area contributed by atoms with Crippen molar-refractivity contribution in [3.8, 4) is 0 Å². The number of pyridine rings is 1. The third-order valence-corrected chi connectivity index (χ3v) is 3.35.